The molecule has 1 amide bonds. The fourth-order valence-corrected chi connectivity index (χ4v) is 4.55. The zero-order chi connectivity index (χ0) is 21.6. The van der Waals surface area contributed by atoms with Gasteiger partial charge in [-0.05, 0) is 18.4 Å². The van der Waals surface area contributed by atoms with Crippen molar-refractivity contribution in [1.82, 2.24) is 24.9 Å². The van der Waals surface area contributed by atoms with E-state index < -0.39 is 24.2 Å². The Morgan fingerprint density at radius 2 is 2.20 bits per heavy atom. The van der Waals surface area contributed by atoms with Gasteiger partial charge in [-0.2, -0.15) is 23.4 Å². The van der Waals surface area contributed by atoms with Crippen LogP contribution >= 0.6 is 22.9 Å². The number of hydrogen-bond acceptors (Lipinski definition) is 5. The fourth-order valence-electron chi connectivity index (χ4n) is 3.49. The monoisotopic (exact) mass is 458 g/mol. The molecule has 4 rings (SSSR count). The summed E-state index contributed by atoms with van der Waals surface area (Å²) in [5.41, 5.74) is 1.28. The molecule has 1 aliphatic heterocycles. The van der Waals surface area contributed by atoms with Gasteiger partial charge in [-0.25, -0.2) is 4.68 Å². The number of nitrogens with zero attached hydrogens (tertiary/aromatic N) is 4. The van der Waals surface area contributed by atoms with Crippen molar-refractivity contribution in [3.05, 3.63) is 50.6 Å². The van der Waals surface area contributed by atoms with Gasteiger partial charge in [0.05, 0.1) is 11.7 Å². The SMILES string of the molecule is Cc1nn(C)cc1CNC(=O)c1nn2c(c1Cl)N[C@H](c1cccs1)C[C@@H]2C(F)(F)F. The van der Waals surface area contributed by atoms with Crippen molar-refractivity contribution in [1.29, 1.82) is 0 Å². The second-order valence-corrected chi connectivity index (χ2v) is 8.41. The number of halogens is 4. The molecular formula is C18H18ClF3N6OS. The van der Waals surface area contributed by atoms with E-state index >= 15 is 0 Å². The van der Waals surface area contributed by atoms with Crippen LogP contribution in [0.1, 0.15) is 45.1 Å². The van der Waals surface area contributed by atoms with Crippen molar-refractivity contribution in [2.24, 2.45) is 7.05 Å². The lowest BCUT2D eigenvalue weighted by atomic mass is 10.0. The van der Waals surface area contributed by atoms with E-state index in [4.69, 9.17) is 11.6 Å². The van der Waals surface area contributed by atoms with E-state index in [2.05, 4.69) is 20.8 Å². The summed E-state index contributed by atoms with van der Waals surface area (Å²) >= 11 is 7.66. The molecule has 0 fully saturated rings. The molecule has 0 saturated heterocycles. The van der Waals surface area contributed by atoms with Crippen molar-refractivity contribution in [3.63, 3.8) is 0 Å². The normalized spacial score (nSPS) is 18.7. The Hall–Kier alpha value is -2.53. The number of nitrogens with one attached hydrogen (secondary N) is 2. The predicted molar refractivity (Wildman–Crippen MR) is 107 cm³/mol. The standard InChI is InChI=1S/C18H18ClF3N6OS/c1-9-10(8-27(2)25-9)7-23-17(29)15-14(19)16-24-11(12-4-3-5-30-12)6-13(18(20,21)22)28(16)26-15/h3-5,8,11,13,24H,6-7H2,1-2H3,(H,23,29)/t11-,13+/m0/s1. The van der Waals surface area contributed by atoms with Crippen molar-refractivity contribution < 1.29 is 18.0 Å². The molecule has 30 heavy (non-hydrogen) atoms. The molecule has 1 aliphatic rings. The number of hydrogen-bond donors (Lipinski definition) is 2. The molecule has 7 nitrogen and oxygen atoms in total. The highest BCUT2D eigenvalue weighted by Gasteiger charge is 2.48. The lowest BCUT2D eigenvalue weighted by Gasteiger charge is -2.32. The first-order valence-corrected chi connectivity index (χ1v) is 10.3. The summed E-state index contributed by atoms with van der Waals surface area (Å²) in [5.74, 6) is -0.660. The number of carbonyl (C=O) groups is 1. The minimum absolute atomic E-state index is 0.00801. The highest BCUT2D eigenvalue weighted by atomic mass is 35.5. The van der Waals surface area contributed by atoms with Gasteiger partial charge in [-0.15, -0.1) is 11.3 Å². The Kier molecular flexibility index (Phi) is 5.27. The lowest BCUT2D eigenvalue weighted by molar-refractivity contribution is -0.173. The van der Waals surface area contributed by atoms with Gasteiger partial charge < -0.3 is 10.6 Å². The van der Waals surface area contributed by atoms with Gasteiger partial charge in [0.15, 0.2) is 11.7 Å². The van der Waals surface area contributed by atoms with E-state index in [0.29, 0.717) is 0 Å². The number of aromatic nitrogens is 4. The first-order valence-electron chi connectivity index (χ1n) is 9.07. The highest BCUT2D eigenvalue weighted by Crippen LogP contribution is 2.46. The summed E-state index contributed by atoms with van der Waals surface area (Å²) in [4.78, 5) is 13.4. The molecule has 0 aromatic carbocycles. The summed E-state index contributed by atoms with van der Waals surface area (Å²) < 4.78 is 43.7. The van der Waals surface area contributed by atoms with Gasteiger partial charge in [0.2, 0.25) is 0 Å². The van der Waals surface area contributed by atoms with E-state index in [1.54, 1.807) is 42.4 Å². The van der Waals surface area contributed by atoms with Gasteiger partial charge >= 0.3 is 6.18 Å². The van der Waals surface area contributed by atoms with Crippen LogP contribution in [0.3, 0.4) is 0 Å². The fraction of sp³-hybridized carbons (Fsp3) is 0.389. The Bertz CT molecular complexity index is 1070. The molecule has 0 spiro atoms. The molecule has 4 heterocycles. The molecule has 0 unspecified atom stereocenters. The minimum atomic E-state index is -4.54. The van der Waals surface area contributed by atoms with E-state index in [1.165, 1.54) is 11.3 Å². The van der Waals surface area contributed by atoms with Gasteiger partial charge in [-0.3, -0.25) is 9.48 Å². The molecule has 3 aromatic heterocycles. The largest absolute Gasteiger partial charge is 0.410 e. The summed E-state index contributed by atoms with van der Waals surface area (Å²) in [5, 5.41) is 15.4. The maximum absolute atomic E-state index is 13.8. The quantitative estimate of drug-likeness (QED) is 0.613. The third-order valence-corrected chi connectivity index (χ3v) is 6.30. The smallest absolute Gasteiger partial charge is 0.361 e. The van der Waals surface area contributed by atoms with Crippen LogP contribution in [0, 0.1) is 6.92 Å². The molecule has 0 aliphatic carbocycles. The molecule has 0 radical (unpaired) electrons. The zero-order valence-corrected chi connectivity index (χ0v) is 17.6. The molecule has 160 valence electrons. The third kappa shape index (κ3) is 3.79. The number of anilines is 1. The van der Waals surface area contributed by atoms with Gasteiger partial charge in [0, 0.05) is 36.7 Å². The Labute approximate surface area is 178 Å². The van der Waals surface area contributed by atoms with Gasteiger partial charge in [0.1, 0.15) is 10.8 Å². The van der Waals surface area contributed by atoms with E-state index in [9.17, 15) is 18.0 Å². The van der Waals surface area contributed by atoms with Crippen molar-refractivity contribution in [2.75, 3.05) is 5.32 Å². The maximum atomic E-state index is 13.8. The number of aryl methyl sites for hydroxylation is 2. The lowest BCUT2D eigenvalue weighted by Crippen LogP contribution is -2.35. The van der Waals surface area contributed by atoms with Crippen LogP contribution in [-0.4, -0.2) is 31.6 Å². The molecule has 0 bridgehead atoms. The van der Waals surface area contributed by atoms with E-state index in [1.807, 2.05) is 0 Å². The maximum Gasteiger partial charge on any atom is 0.410 e. The van der Waals surface area contributed by atoms with E-state index in [-0.39, 0.29) is 29.5 Å². The minimum Gasteiger partial charge on any atom is -0.361 e. The molecular weight excluding hydrogens is 441 g/mol. The second kappa shape index (κ2) is 7.62. The topological polar surface area (TPSA) is 76.8 Å². The van der Waals surface area contributed by atoms with E-state index in [0.717, 1.165) is 20.8 Å². The van der Waals surface area contributed by atoms with Crippen LogP contribution in [0.15, 0.2) is 23.7 Å². The summed E-state index contributed by atoms with van der Waals surface area (Å²) in [6.07, 6.45) is -3.03. The molecule has 2 N–H and O–H groups in total. The second-order valence-electron chi connectivity index (χ2n) is 7.06. The molecule has 3 aromatic rings. The Morgan fingerprint density at radius 3 is 2.80 bits per heavy atom. The highest BCUT2D eigenvalue weighted by molar-refractivity contribution is 7.10. The number of amides is 1. The average Bonchev–Trinajstić information content (AvgIpc) is 3.38. The Balaban J connectivity index is 1.62. The van der Waals surface area contributed by atoms with Crippen LogP contribution in [0.4, 0.5) is 19.0 Å². The third-order valence-electron chi connectivity index (χ3n) is 4.95. The number of thiophene rings is 1. The molecule has 12 heteroatoms. The van der Waals surface area contributed by atoms with Gasteiger partial charge in [0.25, 0.3) is 5.91 Å². The summed E-state index contributed by atoms with van der Waals surface area (Å²) in [7, 11) is 1.76. The van der Waals surface area contributed by atoms with Crippen LogP contribution in [0.5, 0.6) is 0 Å². The number of carbonyl (C=O) groups excluding carboxylic acids is 1. The summed E-state index contributed by atoms with van der Waals surface area (Å²) in [6.45, 7) is 1.96. The van der Waals surface area contributed by atoms with Crippen LogP contribution in [0.25, 0.3) is 0 Å². The zero-order valence-electron chi connectivity index (χ0n) is 16.0. The number of alkyl halides is 3. The molecule has 2 atom stereocenters. The summed E-state index contributed by atoms with van der Waals surface area (Å²) in [6, 6.07) is 1.07. The first-order chi connectivity index (χ1) is 14.1. The van der Waals surface area contributed by atoms with Crippen molar-refractivity contribution in [2.45, 2.75) is 38.1 Å². The number of rotatable bonds is 4. The predicted octanol–water partition coefficient (Wildman–Crippen LogP) is 4.23. The van der Waals surface area contributed by atoms with Gasteiger partial charge in [-0.1, -0.05) is 17.7 Å². The van der Waals surface area contributed by atoms with Crippen molar-refractivity contribution in [3.8, 4) is 0 Å². The Morgan fingerprint density at radius 1 is 1.43 bits per heavy atom. The first kappa shape index (κ1) is 20.7. The van der Waals surface area contributed by atoms with Crippen LogP contribution in [-0.2, 0) is 13.6 Å². The van der Waals surface area contributed by atoms with Crippen LogP contribution in [0.2, 0.25) is 5.02 Å². The molecule has 0 saturated carbocycles. The average molecular weight is 459 g/mol. The van der Waals surface area contributed by atoms with Crippen molar-refractivity contribution >= 4 is 34.7 Å². The number of fused-ring (bicyclic) bond motifs is 1. The van der Waals surface area contributed by atoms with Crippen LogP contribution < -0.4 is 10.6 Å².